The highest BCUT2D eigenvalue weighted by Gasteiger charge is 2.45. The van der Waals surface area contributed by atoms with Crippen LogP contribution in [0.5, 0.6) is 5.75 Å². The fraction of sp³-hybridized carbons (Fsp3) is 0.161. The number of halogens is 9. The van der Waals surface area contributed by atoms with Crippen molar-refractivity contribution in [3.8, 4) is 11.8 Å². The van der Waals surface area contributed by atoms with E-state index >= 15 is 0 Å². The van der Waals surface area contributed by atoms with Gasteiger partial charge in [0.2, 0.25) is 0 Å². The van der Waals surface area contributed by atoms with Crippen LogP contribution in [0.2, 0.25) is 0 Å². The average Bonchev–Trinajstić information content (AvgIpc) is 2.96. The predicted molar refractivity (Wildman–Crippen MR) is 139 cm³/mol. The number of rotatable bonds is 9. The van der Waals surface area contributed by atoms with E-state index in [1.807, 2.05) is 6.07 Å². The monoisotopic (exact) mass is 622 g/mol. The maximum atomic E-state index is 15.0. The van der Waals surface area contributed by atoms with Gasteiger partial charge in [0.15, 0.2) is 0 Å². The SMILES string of the molecule is N#Cc1ccc(C(Cc2ccccc2)(NC(=O)c2ccc(F)c(C(F)(F)F)c2)c2cc(F)cc(OC(F)(F)C(F)F)c2)cc1. The van der Waals surface area contributed by atoms with Gasteiger partial charge in [-0.05, 0) is 59.2 Å². The van der Waals surface area contributed by atoms with Crippen LogP contribution in [-0.2, 0) is 18.1 Å². The minimum Gasteiger partial charge on any atom is -0.428 e. The molecule has 4 aromatic carbocycles. The van der Waals surface area contributed by atoms with Gasteiger partial charge in [-0.25, -0.2) is 8.78 Å². The topological polar surface area (TPSA) is 62.1 Å². The van der Waals surface area contributed by atoms with Crippen LogP contribution in [-0.4, -0.2) is 18.4 Å². The summed E-state index contributed by atoms with van der Waals surface area (Å²) in [5, 5.41) is 11.8. The summed E-state index contributed by atoms with van der Waals surface area (Å²) >= 11 is 0. The Bertz CT molecular complexity index is 1690. The maximum Gasteiger partial charge on any atom is 0.461 e. The first-order valence-electron chi connectivity index (χ1n) is 12.5. The highest BCUT2D eigenvalue weighted by atomic mass is 19.4. The molecule has 1 unspecified atom stereocenters. The first kappa shape index (κ1) is 31.9. The molecule has 0 aromatic heterocycles. The van der Waals surface area contributed by atoms with Gasteiger partial charge < -0.3 is 10.1 Å². The first-order chi connectivity index (χ1) is 20.6. The van der Waals surface area contributed by atoms with E-state index < -0.39 is 58.7 Å². The number of hydrogen-bond donors (Lipinski definition) is 1. The normalized spacial score (nSPS) is 13.2. The van der Waals surface area contributed by atoms with Gasteiger partial charge in [-0.3, -0.25) is 4.79 Å². The molecule has 0 saturated heterocycles. The third kappa shape index (κ3) is 6.96. The van der Waals surface area contributed by atoms with E-state index in [4.69, 9.17) is 0 Å². The number of alkyl halides is 7. The van der Waals surface area contributed by atoms with E-state index in [-0.39, 0.29) is 29.2 Å². The van der Waals surface area contributed by atoms with E-state index in [0.717, 1.165) is 18.2 Å². The largest absolute Gasteiger partial charge is 0.461 e. The summed E-state index contributed by atoms with van der Waals surface area (Å²) in [5.74, 6) is -5.17. The summed E-state index contributed by atoms with van der Waals surface area (Å²) in [5.41, 5.74) is -4.09. The van der Waals surface area contributed by atoms with Crippen molar-refractivity contribution in [2.24, 2.45) is 0 Å². The third-order valence-electron chi connectivity index (χ3n) is 6.55. The number of ether oxygens (including phenoxy) is 1. The van der Waals surface area contributed by atoms with Gasteiger partial charge in [0.1, 0.15) is 17.4 Å². The highest BCUT2D eigenvalue weighted by molar-refractivity contribution is 5.95. The molecule has 0 heterocycles. The number of carbonyl (C=O) groups excluding carboxylic acids is 1. The lowest BCUT2D eigenvalue weighted by atomic mass is 9.77. The minimum atomic E-state index is -5.17. The summed E-state index contributed by atoms with van der Waals surface area (Å²) in [6, 6.07) is 18.6. The van der Waals surface area contributed by atoms with Crippen molar-refractivity contribution in [2.45, 2.75) is 30.7 Å². The van der Waals surface area contributed by atoms with Gasteiger partial charge in [0, 0.05) is 18.1 Å². The van der Waals surface area contributed by atoms with Crippen molar-refractivity contribution in [3.63, 3.8) is 0 Å². The Hall–Kier alpha value is -4.99. The predicted octanol–water partition coefficient (Wildman–Crippen LogP) is 8.01. The molecule has 44 heavy (non-hydrogen) atoms. The standard InChI is InChI=1S/C31H19F9N2O2/c32-23-13-22(14-24(15-23)44-31(39,40)28(34)35)29(16-18-4-2-1-3-5-18,21-9-6-19(17-41)7-10-21)42-27(43)20-8-11-26(33)25(12-20)30(36,37)38/h1-15,28H,16H2,(H,42,43). The maximum absolute atomic E-state index is 15.0. The fourth-order valence-corrected chi connectivity index (χ4v) is 4.51. The second-order valence-electron chi connectivity index (χ2n) is 9.54. The van der Waals surface area contributed by atoms with Crippen molar-refractivity contribution < 1.29 is 49.0 Å². The van der Waals surface area contributed by atoms with Crippen LogP contribution in [0.15, 0.2) is 91.0 Å². The van der Waals surface area contributed by atoms with Gasteiger partial charge in [-0.15, -0.1) is 0 Å². The molecule has 228 valence electrons. The second kappa shape index (κ2) is 12.3. The summed E-state index contributed by atoms with van der Waals surface area (Å²) < 4.78 is 127. The highest BCUT2D eigenvalue weighted by Crippen LogP contribution is 2.39. The van der Waals surface area contributed by atoms with Crippen molar-refractivity contribution in [1.82, 2.24) is 5.32 Å². The van der Waals surface area contributed by atoms with Crippen LogP contribution in [0.3, 0.4) is 0 Å². The quantitative estimate of drug-likeness (QED) is 0.193. The Balaban J connectivity index is 1.97. The van der Waals surface area contributed by atoms with Crippen molar-refractivity contribution >= 4 is 5.91 Å². The molecule has 1 atom stereocenters. The molecule has 0 fully saturated rings. The van der Waals surface area contributed by atoms with E-state index in [9.17, 15) is 49.6 Å². The van der Waals surface area contributed by atoms with E-state index in [1.54, 1.807) is 30.3 Å². The van der Waals surface area contributed by atoms with Gasteiger partial charge in [-0.2, -0.15) is 36.0 Å². The smallest absolute Gasteiger partial charge is 0.428 e. The van der Waals surface area contributed by atoms with Crippen molar-refractivity contribution in [2.75, 3.05) is 0 Å². The number of carbonyl (C=O) groups is 1. The van der Waals surface area contributed by atoms with Crippen LogP contribution in [0.1, 0.15) is 38.2 Å². The number of nitrogens with one attached hydrogen (secondary N) is 1. The molecule has 4 rings (SSSR count). The Morgan fingerprint density at radius 2 is 1.50 bits per heavy atom. The molecule has 1 amide bonds. The summed E-state index contributed by atoms with van der Waals surface area (Å²) in [6.45, 7) is 0. The number of amides is 1. The van der Waals surface area contributed by atoms with Gasteiger partial charge in [0.25, 0.3) is 5.91 Å². The summed E-state index contributed by atoms with van der Waals surface area (Å²) in [7, 11) is 0. The Kier molecular flexibility index (Phi) is 8.94. The molecular weight excluding hydrogens is 603 g/mol. The van der Waals surface area contributed by atoms with Gasteiger partial charge >= 0.3 is 18.7 Å². The molecule has 0 aliphatic carbocycles. The Labute approximate surface area is 244 Å². The Morgan fingerprint density at radius 1 is 0.841 bits per heavy atom. The molecule has 1 N–H and O–H groups in total. The molecule has 0 radical (unpaired) electrons. The summed E-state index contributed by atoms with van der Waals surface area (Å²) in [4.78, 5) is 13.6. The van der Waals surface area contributed by atoms with Crippen LogP contribution < -0.4 is 10.1 Å². The molecule has 4 nitrogen and oxygen atoms in total. The van der Waals surface area contributed by atoms with Gasteiger partial charge in [-0.1, -0.05) is 42.5 Å². The lowest BCUT2D eigenvalue weighted by Crippen LogP contribution is -2.48. The second-order valence-corrected chi connectivity index (χ2v) is 9.54. The molecule has 0 saturated carbocycles. The minimum absolute atomic E-state index is 0.0871. The first-order valence-corrected chi connectivity index (χ1v) is 12.5. The van der Waals surface area contributed by atoms with E-state index in [2.05, 4.69) is 10.1 Å². The van der Waals surface area contributed by atoms with E-state index in [0.29, 0.717) is 17.7 Å². The van der Waals surface area contributed by atoms with Crippen molar-refractivity contribution in [1.29, 1.82) is 5.26 Å². The molecule has 13 heteroatoms. The molecule has 4 aromatic rings. The molecule has 0 bridgehead atoms. The fourth-order valence-electron chi connectivity index (χ4n) is 4.51. The lowest BCUT2D eigenvalue weighted by Gasteiger charge is -2.37. The van der Waals surface area contributed by atoms with Gasteiger partial charge in [0.05, 0.1) is 22.7 Å². The third-order valence-corrected chi connectivity index (χ3v) is 6.55. The average molecular weight is 622 g/mol. The lowest BCUT2D eigenvalue weighted by molar-refractivity contribution is -0.253. The number of nitrogens with zero attached hydrogens (tertiary/aromatic N) is 1. The molecule has 0 aliphatic rings. The molecule has 0 aliphatic heterocycles. The van der Waals surface area contributed by atoms with Crippen LogP contribution in [0.4, 0.5) is 39.5 Å². The molecule has 0 spiro atoms. The van der Waals surface area contributed by atoms with Crippen LogP contribution in [0, 0.1) is 23.0 Å². The van der Waals surface area contributed by atoms with Crippen LogP contribution >= 0.6 is 0 Å². The number of nitriles is 1. The summed E-state index contributed by atoms with van der Waals surface area (Å²) in [6.07, 6.45) is -14.8. The van der Waals surface area contributed by atoms with Crippen molar-refractivity contribution in [3.05, 3.63) is 136 Å². The van der Waals surface area contributed by atoms with Crippen LogP contribution in [0.25, 0.3) is 0 Å². The number of benzene rings is 4. The van der Waals surface area contributed by atoms with E-state index in [1.165, 1.54) is 24.3 Å². The number of hydrogen-bond acceptors (Lipinski definition) is 3. The zero-order chi connectivity index (χ0) is 32.3. The molecular formula is C31H19F9N2O2. The zero-order valence-corrected chi connectivity index (χ0v) is 22.1. The Morgan fingerprint density at radius 3 is 2.09 bits per heavy atom. The zero-order valence-electron chi connectivity index (χ0n) is 22.1.